The van der Waals surface area contributed by atoms with Crippen LogP contribution in [0.25, 0.3) is 0 Å². The van der Waals surface area contributed by atoms with E-state index in [1.807, 2.05) is 0 Å². The van der Waals surface area contributed by atoms with E-state index in [0.29, 0.717) is 0 Å². The highest BCUT2D eigenvalue weighted by Gasteiger charge is 2.12. The normalized spacial score (nSPS) is 10.4. The predicted octanol–water partition coefficient (Wildman–Crippen LogP) is 3.49. The van der Waals surface area contributed by atoms with Crippen molar-refractivity contribution in [3.63, 3.8) is 0 Å². The van der Waals surface area contributed by atoms with Gasteiger partial charge in [-0.15, -0.1) is 0 Å². The van der Waals surface area contributed by atoms with E-state index in [-0.39, 0.29) is 11.4 Å². The third-order valence-electron chi connectivity index (χ3n) is 3.30. The van der Waals surface area contributed by atoms with Crippen LogP contribution in [-0.4, -0.2) is 29.0 Å². The van der Waals surface area contributed by atoms with Crippen LogP contribution in [0.15, 0.2) is 36.7 Å². The molecule has 0 saturated carbocycles. The lowest BCUT2D eigenvalue weighted by atomic mass is 10.3. The fraction of sp³-hybridized carbons (Fsp3) is 0.353. The number of halogens is 1. The SMILES string of the molecule is CCCN(CCC)c1cnc(C(=O)Nc2ccccc2F)cn1. The summed E-state index contributed by atoms with van der Waals surface area (Å²) in [5.41, 5.74) is 0.284. The van der Waals surface area contributed by atoms with E-state index < -0.39 is 11.7 Å². The van der Waals surface area contributed by atoms with E-state index >= 15 is 0 Å². The van der Waals surface area contributed by atoms with Crippen LogP contribution in [0.2, 0.25) is 0 Å². The highest BCUT2D eigenvalue weighted by Crippen LogP contribution is 2.14. The van der Waals surface area contributed by atoms with Gasteiger partial charge in [-0.25, -0.2) is 14.4 Å². The minimum atomic E-state index is -0.484. The number of nitrogens with one attached hydrogen (secondary N) is 1. The number of carbonyl (C=O) groups is 1. The van der Waals surface area contributed by atoms with Gasteiger partial charge in [-0.2, -0.15) is 0 Å². The largest absolute Gasteiger partial charge is 0.355 e. The summed E-state index contributed by atoms with van der Waals surface area (Å²) < 4.78 is 13.5. The second kappa shape index (κ2) is 8.22. The fourth-order valence-electron chi connectivity index (χ4n) is 2.23. The van der Waals surface area contributed by atoms with Crippen molar-refractivity contribution in [3.8, 4) is 0 Å². The molecule has 1 heterocycles. The molecule has 0 saturated heterocycles. The van der Waals surface area contributed by atoms with Gasteiger partial charge in [-0.3, -0.25) is 4.79 Å². The molecule has 0 fully saturated rings. The van der Waals surface area contributed by atoms with Crippen molar-refractivity contribution in [2.75, 3.05) is 23.3 Å². The standard InChI is InChI=1S/C17H21FN4O/c1-3-9-22(10-4-2)16-12-19-15(11-20-16)17(23)21-14-8-6-5-7-13(14)18/h5-8,11-12H,3-4,9-10H2,1-2H3,(H,21,23). The average Bonchev–Trinajstić information content (AvgIpc) is 2.57. The number of carbonyl (C=O) groups excluding carboxylic acids is 1. The third kappa shape index (κ3) is 4.48. The van der Waals surface area contributed by atoms with Crippen molar-refractivity contribution in [1.82, 2.24) is 9.97 Å². The molecule has 5 nitrogen and oxygen atoms in total. The van der Waals surface area contributed by atoms with E-state index in [0.717, 1.165) is 31.7 Å². The smallest absolute Gasteiger partial charge is 0.275 e. The van der Waals surface area contributed by atoms with E-state index in [1.165, 1.54) is 18.3 Å². The van der Waals surface area contributed by atoms with E-state index in [1.54, 1.807) is 18.3 Å². The number of anilines is 2. The zero-order valence-electron chi connectivity index (χ0n) is 13.4. The van der Waals surface area contributed by atoms with Gasteiger partial charge >= 0.3 is 0 Å². The Morgan fingerprint density at radius 1 is 1.13 bits per heavy atom. The van der Waals surface area contributed by atoms with Crippen molar-refractivity contribution in [1.29, 1.82) is 0 Å². The van der Waals surface area contributed by atoms with E-state index in [2.05, 4.69) is 34.0 Å². The number of hydrogen-bond acceptors (Lipinski definition) is 4. The lowest BCUT2D eigenvalue weighted by Crippen LogP contribution is -2.26. The first-order valence-electron chi connectivity index (χ1n) is 7.78. The number of nitrogens with zero attached hydrogens (tertiary/aromatic N) is 3. The molecule has 2 rings (SSSR count). The maximum atomic E-state index is 13.5. The van der Waals surface area contributed by atoms with Crippen LogP contribution in [0.5, 0.6) is 0 Å². The highest BCUT2D eigenvalue weighted by molar-refractivity contribution is 6.02. The van der Waals surface area contributed by atoms with E-state index in [4.69, 9.17) is 0 Å². The number of para-hydroxylation sites is 1. The molecule has 0 bridgehead atoms. The van der Waals surface area contributed by atoms with Crippen LogP contribution in [0.4, 0.5) is 15.9 Å². The molecule has 0 spiro atoms. The quantitative estimate of drug-likeness (QED) is 0.849. The molecule has 2 aromatic rings. The summed E-state index contributed by atoms with van der Waals surface area (Å²) in [5, 5.41) is 2.50. The van der Waals surface area contributed by atoms with Crippen LogP contribution in [0, 0.1) is 5.82 Å². The minimum absolute atomic E-state index is 0.127. The second-order valence-corrected chi connectivity index (χ2v) is 5.18. The van der Waals surface area contributed by atoms with Crippen molar-refractivity contribution >= 4 is 17.4 Å². The summed E-state index contributed by atoms with van der Waals surface area (Å²) in [5.74, 6) is -0.217. The maximum Gasteiger partial charge on any atom is 0.275 e. The summed E-state index contributed by atoms with van der Waals surface area (Å²) in [7, 11) is 0. The van der Waals surface area contributed by atoms with Crippen molar-refractivity contribution in [2.24, 2.45) is 0 Å². The fourth-order valence-corrected chi connectivity index (χ4v) is 2.23. The number of hydrogen-bond donors (Lipinski definition) is 1. The highest BCUT2D eigenvalue weighted by atomic mass is 19.1. The first-order chi connectivity index (χ1) is 11.2. The lowest BCUT2D eigenvalue weighted by molar-refractivity contribution is 0.102. The van der Waals surface area contributed by atoms with Crippen molar-refractivity contribution in [3.05, 3.63) is 48.2 Å². The molecule has 122 valence electrons. The summed E-state index contributed by atoms with van der Waals surface area (Å²) in [6.45, 7) is 5.99. The average molecular weight is 316 g/mol. The number of amides is 1. The van der Waals surface area contributed by atoms with Gasteiger partial charge in [0.25, 0.3) is 5.91 Å². The molecule has 23 heavy (non-hydrogen) atoms. The van der Waals surface area contributed by atoms with E-state index in [9.17, 15) is 9.18 Å². The minimum Gasteiger partial charge on any atom is -0.355 e. The van der Waals surface area contributed by atoms with Crippen LogP contribution in [0.1, 0.15) is 37.2 Å². The Morgan fingerprint density at radius 2 is 1.83 bits per heavy atom. The molecular weight excluding hydrogens is 295 g/mol. The molecule has 1 aromatic carbocycles. The molecule has 0 radical (unpaired) electrons. The molecule has 0 aliphatic rings. The molecule has 1 amide bonds. The van der Waals surface area contributed by atoms with Gasteiger partial charge in [-0.1, -0.05) is 26.0 Å². The number of benzene rings is 1. The summed E-state index contributed by atoms with van der Waals surface area (Å²) >= 11 is 0. The second-order valence-electron chi connectivity index (χ2n) is 5.18. The van der Waals surface area contributed by atoms with Crippen LogP contribution < -0.4 is 10.2 Å². The molecule has 1 N–H and O–H groups in total. The zero-order chi connectivity index (χ0) is 16.7. The van der Waals surface area contributed by atoms with Crippen LogP contribution in [0.3, 0.4) is 0 Å². The molecule has 6 heteroatoms. The van der Waals surface area contributed by atoms with Gasteiger partial charge in [0.2, 0.25) is 0 Å². The monoisotopic (exact) mass is 316 g/mol. The van der Waals surface area contributed by atoms with Gasteiger partial charge in [0.05, 0.1) is 18.1 Å². The predicted molar refractivity (Wildman–Crippen MR) is 89.2 cm³/mol. The van der Waals surface area contributed by atoms with Gasteiger partial charge in [0.15, 0.2) is 0 Å². The topological polar surface area (TPSA) is 58.1 Å². The third-order valence-corrected chi connectivity index (χ3v) is 3.30. The van der Waals surface area contributed by atoms with Crippen molar-refractivity contribution < 1.29 is 9.18 Å². The molecule has 0 unspecified atom stereocenters. The Hall–Kier alpha value is -2.50. The van der Waals surface area contributed by atoms with Crippen LogP contribution in [-0.2, 0) is 0 Å². The van der Waals surface area contributed by atoms with Gasteiger partial charge < -0.3 is 10.2 Å². The Balaban J connectivity index is 2.09. The Kier molecular flexibility index (Phi) is 6.02. The Labute approximate surface area is 135 Å². The maximum absolute atomic E-state index is 13.5. The molecule has 0 aliphatic carbocycles. The number of rotatable bonds is 7. The summed E-state index contributed by atoms with van der Waals surface area (Å²) in [6, 6.07) is 6.01. The van der Waals surface area contributed by atoms with Gasteiger partial charge in [-0.05, 0) is 25.0 Å². The summed E-state index contributed by atoms with van der Waals surface area (Å²) in [4.78, 5) is 22.7. The van der Waals surface area contributed by atoms with Crippen LogP contribution >= 0.6 is 0 Å². The Morgan fingerprint density at radius 3 is 2.39 bits per heavy atom. The summed E-state index contributed by atoms with van der Waals surface area (Å²) in [6.07, 6.45) is 5.03. The number of aromatic nitrogens is 2. The molecule has 1 aromatic heterocycles. The molecule has 0 atom stereocenters. The van der Waals surface area contributed by atoms with Crippen molar-refractivity contribution in [2.45, 2.75) is 26.7 Å². The zero-order valence-corrected chi connectivity index (χ0v) is 13.4. The first-order valence-corrected chi connectivity index (χ1v) is 7.78. The van der Waals surface area contributed by atoms with Gasteiger partial charge in [0.1, 0.15) is 17.3 Å². The molecular formula is C17H21FN4O. The van der Waals surface area contributed by atoms with Gasteiger partial charge in [0, 0.05) is 13.1 Å². The lowest BCUT2D eigenvalue weighted by Gasteiger charge is -2.22. The first kappa shape index (κ1) is 16.9. The molecule has 0 aliphatic heterocycles. The Bertz CT molecular complexity index is 639.